The number of rotatable bonds is 6. The van der Waals surface area contributed by atoms with Crippen LogP contribution in [-0.2, 0) is 11.2 Å². The molecule has 0 bridgehead atoms. The lowest BCUT2D eigenvalue weighted by Crippen LogP contribution is -2.27. The van der Waals surface area contributed by atoms with E-state index in [1.807, 2.05) is 18.2 Å². The number of thioether (sulfide) groups is 1. The summed E-state index contributed by atoms with van der Waals surface area (Å²) in [5.74, 6) is 0.273. The molecule has 0 fully saturated rings. The minimum absolute atomic E-state index is 0.0352. The number of carbonyl (C=O) groups is 1. The van der Waals surface area contributed by atoms with Gasteiger partial charge in [0.25, 0.3) is 0 Å². The van der Waals surface area contributed by atoms with Gasteiger partial charge in [-0.05, 0) is 30.3 Å². The summed E-state index contributed by atoms with van der Waals surface area (Å²) >= 11 is 13.3. The fraction of sp³-hybridized carbons (Fsp3) is 0.200. The summed E-state index contributed by atoms with van der Waals surface area (Å²) in [6.07, 6.45) is 2.46. The SMILES string of the molecule is O=C(CSc1cc(Cl)ccc1Cl)NCCc1ccccn1. The summed E-state index contributed by atoms with van der Waals surface area (Å²) in [7, 11) is 0. The molecule has 1 aromatic heterocycles. The van der Waals surface area contributed by atoms with Gasteiger partial charge in [-0.25, -0.2) is 0 Å². The summed E-state index contributed by atoms with van der Waals surface area (Å²) in [5, 5.41) is 4.07. The lowest BCUT2D eigenvalue weighted by molar-refractivity contribution is -0.118. The van der Waals surface area contributed by atoms with E-state index in [0.29, 0.717) is 22.3 Å². The molecule has 0 spiro atoms. The summed E-state index contributed by atoms with van der Waals surface area (Å²) < 4.78 is 0. The molecule has 110 valence electrons. The number of nitrogens with one attached hydrogen (secondary N) is 1. The Labute approximate surface area is 138 Å². The molecule has 0 aliphatic heterocycles. The molecule has 3 nitrogen and oxygen atoms in total. The van der Waals surface area contributed by atoms with Gasteiger partial charge in [0.15, 0.2) is 0 Å². The molecule has 1 heterocycles. The average Bonchev–Trinajstić information content (AvgIpc) is 2.49. The van der Waals surface area contributed by atoms with E-state index in [0.717, 1.165) is 17.0 Å². The van der Waals surface area contributed by atoms with Crippen molar-refractivity contribution in [2.45, 2.75) is 11.3 Å². The number of amides is 1. The van der Waals surface area contributed by atoms with Gasteiger partial charge in [0, 0.05) is 34.8 Å². The van der Waals surface area contributed by atoms with E-state index in [1.54, 1.807) is 24.4 Å². The third-order valence-corrected chi connectivity index (χ3v) is 4.41. The highest BCUT2D eigenvalue weighted by molar-refractivity contribution is 8.00. The molecule has 0 aliphatic carbocycles. The number of benzene rings is 1. The van der Waals surface area contributed by atoms with Gasteiger partial charge in [0.05, 0.1) is 10.8 Å². The molecule has 0 aliphatic rings. The van der Waals surface area contributed by atoms with Gasteiger partial charge in [-0.1, -0.05) is 29.3 Å². The lowest BCUT2D eigenvalue weighted by Gasteiger charge is -2.06. The van der Waals surface area contributed by atoms with Crippen molar-refractivity contribution in [1.29, 1.82) is 0 Å². The average molecular weight is 341 g/mol. The van der Waals surface area contributed by atoms with Crippen molar-refractivity contribution >= 4 is 40.9 Å². The molecule has 1 aromatic carbocycles. The summed E-state index contributed by atoms with van der Waals surface area (Å²) in [4.78, 5) is 16.8. The highest BCUT2D eigenvalue weighted by atomic mass is 35.5. The first-order valence-corrected chi connectivity index (χ1v) is 8.14. The minimum Gasteiger partial charge on any atom is -0.355 e. The third-order valence-electron chi connectivity index (χ3n) is 2.68. The van der Waals surface area contributed by atoms with Crippen LogP contribution >= 0.6 is 35.0 Å². The van der Waals surface area contributed by atoms with Crippen LogP contribution in [0.1, 0.15) is 5.69 Å². The standard InChI is InChI=1S/C15H14Cl2N2OS/c16-11-4-5-13(17)14(9-11)21-10-15(20)19-8-6-12-3-1-2-7-18-12/h1-5,7,9H,6,8,10H2,(H,19,20). The number of carbonyl (C=O) groups excluding carboxylic acids is 1. The Morgan fingerprint density at radius 2 is 2.10 bits per heavy atom. The molecule has 0 saturated heterocycles. The predicted molar refractivity (Wildman–Crippen MR) is 88.1 cm³/mol. The number of aromatic nitrogens is 1. The molecule has 0 saturated carbocycles. The lowest BCUT2D eigenvalue weighted by atomic mass is 10.3. The molecule has 0 radical (unpaired) electrons. The Kier molecular flexibility index (Phi) is 6.36. The zero-order valence-electron chi connectivity index (χ0n) is 11.2. The monoisotopic (exact) mass is 340 g/mol. The Hall–Kier alpha value is -1.23. The Bertz CT molecular complexity index is 608. The molecular formula is C15H14Cl2N2OS. The molecule has 6 heteroatoms. The first-order chi connectivity index (χ1) is 10.1. The Balaban J connectivity index is 1.74. The normalized spacial score (nSPS) is 10.4. The van der Waals surface area contributed by atoms with E-state index in [-0.39, 0.29) is 5.91 Å². The van der Waals surface area contributed by atoms with Crippen LogP contribution < -0.4 is 5.32 Å². The van der Waals surface area contributed by atoms with Crippen molar-refractivity contribution in [3.63, 3.8) is 0 Å². The molecule has 0 unspecified atom stereocenters. The largest absolute Gasteiger partial charge is 0.355 e. The van der Waals surface area contributed by atoms with Gasteiger partial charge < -0.3 is 5.32 Å². The van der Waals surface area contributed by atoms with Crippen LogP contribution in [0.5, 0.6) is 0 Å². The van der Waals surface area contributed by atoms with E-state index in [4.69, 9.17) is 23.2 Å². The van der Waals surface area contributed by atoms with E-state index >= 15 is 0 Å². The van der Waals surface area contributed by atoms with Crippen molar-refractivity contribution < 1.29 is 4.79 Å². The van der Waals surface area contributed by atoms with E-state index in [2.05, 4.69) is 10.3 Å². The fourth-order valence-corrected chi connectivity index (χ4v) is 2.98. The second-order valence-electron chi connectivity index (χ2n) is 4.28. The first-order valence-electron chi connectivity index (χ1n) is 6.39. The van der Waals surface area contributed by atoms with Crippen molar-refractivity contribution in [2.24, 2.45) is 0 Å². The molecule has 21 heavy (non-hydrogen) atoms. The van der Waals surface area contributed by atoms with Crippen LogP contribution in [0.25, 0.3) is 0 Å². The molecular weight excluding hydrogens is 327 g/mol. The van der Waals surface area contributed by atoms with E-state index in [9.17, 15) is 4.79 Å². The molecule has 2 rings (SSSR count). The van der Waals surface area contributed by atoms with Crippen molar-refractivity contribution in [2.75, 3.05) is 12.3 Å². The number of hydrogen-bond acceptors (Lipinski definition) is 3. The summed E-state index contributed by atoms with van der Waals surface area (Å²) in [5.41, 5.74) is 0.961. The van der Waals surface area contributed by atoms with E-state index in [1.165, 1.54) is 11.8 Å². The zero-order valence-corrected chi connectivity index (χ0v) is 13.5. The van der Waals surface area contributed by atoms with Crippen molar-refractivity contribution in [3.8, 4) is 0 Å². The number of halogens is 2. The maximum Gasteiger partial charge on any atom is 0.230 e. The second kappa shape index (κ2) is 8.27. The Morgan fingerprint density at radius 1 is 1.24 bits per heavy atom. The van der Waals surface area contributed by atoms with Crippen LogP contribution in [0, 0.1) is 0 Å². The van der Waals surface area contributed by atoms with Gasteiger partial charge in [0.2, 0.25) is 5.91 Å². The molecule has 2 aromatic rings. The van der Waals surface area contributed by atoms with Gasteiger partial charge in [0.1, 0.15) is 0 Å². The van der Waals surface area contributed by atoms with Gasteiger partial charge >= 0.3 is 0 Å². The third kappa shape index (κ3) is 5.58. The zero-order chi connectivity index (χ0) is 15.1. The number of nitrogens with zero attached hydrogens (tertiary/aromatic N) is 1. The van der Waals surface area contributed by atoms with Gasteiger partial charge in [-0.3, -0.25) is 9.78 Å². The topological polar surface area (TPSA) is 42.0 Å². The van der Waals surface area contributed by atoms with Gasteiger partial charge in [-0.15, -0.1) is 11.8 Å². The fourth-order valence-electron chi connectivity index (χ4n) is 1.66. The molecule has 1 N–H and O–H groups in total. The van der Waals surface area contributed by atoms with Crippen LogP contribution in [0.15, 0.2) is 47.5 Å². The number of hydrogen-bond donors (Lipinski definition) is 1. The van der Waals surface area contributed by atoms with Crippen molar-refractivity contribution in [3.05, 3.63) is 58.3 Å². The van der Waals surface area contributed by atoms with Crippen molar-refractivity contribution in [1.82, 2.24) is 10.3 Å². The van der Waals surface area contributed by atoms with Crippen LogP contribution in [-0.4, -0.2) is 23.2 Å². The highest BCUT2D eigenvalue weighted by Crippen LogP contribution is 2.29. The minimum atomic E-state index is -0.0352. The van der Waals surface area contributed by atoms with Crippen LogP contribution in [0.4, 0.5) is 0 Å². The maximum absolute atomic E-state index is 11.8. The Morgan fingerprint density at radius 3 is 2.86 bits per heavy atom. The molecule has 1 amide bonds. The van der Waals surface area contributed by atoms with Crippen LogP contribution in [0.3, 0.4) is 0 Å². The van der Waals surface area contributed by atoms with E-state index < -0.39 is 0 Å². The second-order valence-corrected chi connectivity index (χ2v) is 6.15. The molecule has 0 atom stereocenters. The van der Waals surface area contributed by atoms with Gasteiger partial charge in [-0.2, -0.15) is 0 Å². The van der Waals surface area contributed by atoms with Crippen LogP contribution in [0.2, 0.25) is 10.0 Å². The maximum atomic E-state index is 11.8. The summed E-state index contributed by atoms with van der Waals surface area (Å²) in [6, 6.07) is 10.9. The quantitative estimate of drug-likeness (QED) is 0.812. The smallest absolute Gasteiger partial charge is 0.230 e. The summed E-state index contributed by atoms with van der Waals surface area (Å²) in [6.45, 7) is 0.569. The highest BCUT2D eigenvalue weighted by Gasteiger charge is 2.06. The predicted octanol–water partition coefficient (Wildman–Crippen LogP) is 3.84. The number of pyridine rings is 1. The first kappa shape index (κ1) is 16.1.